The van der Waals surface area contributed by atoms with Crippen LogP contribution in [0.25, 0.3) is 0 Å². The van der Waals surface area contributed by atoms with Gasteiger partial charge in [-0.3, -0.25) is 9.59 Å². The first-order valence-corrected chi connectivity index (χ1v) is 9.95. The van der Waals surface area contributed by atoms with Crippen LogP contribution in [-0.4, -0.2) is 42.5 Å². The van der Waals surface area contributed by atoms with E-state index in [1.807, 2.05) is 45.0 Å². The molecule has 0 aliphatic carbocycles. The topological polar surface area (TPSA) is 67.9 Å². The molecule has 0 fully saturated rings. The zero-order valence-electron chi connectivity index (χ0n) is 17.9. The Morgan fingerprint density at radius 1 is 1.10 bits per heavy atom. The van der Waals surface area contributed by atoms with E-state index in [-0.39, 0.29) is 36.8 Å². The van der Waals surface area contributed by atoms with Gasteiger partial charge in [0.1, 0.15) is 23.4 Å². The van der Waals surface area contributed by atoms with Crippen LogP contribution in [0, 0.1) is 5.82 Å². The van der Waals surface area contributed by atoms with Crippen molar-refractivity contribution in [3.8, 4) is 11.5 Å². The lowest BCUT2D eigenvalue weighted by atomic mass is 10.1. The molecule has 0 spiro atoms. The van der Waals surface area contributed by atoms with E-state index in [4.69, 9.17) is 9.47 Å². The first kappa shape index (κ1) is 23.2. The third-order valence-electron chi connectivity index (χ3n) is 4.48. The number of halogens is 1. The molecular formula is C23H29FN2O4. The second-order valence-electron chi connectivity index (χ2n) is 7.20. The van der Waals surface area contributed by atoms with Crippen molar-refractivity contribution >= 4 is 11.8 Å². The summed E-state index contributed by atoms with van der Waals surface area (Å²) in [6.07, 6.45) is 0.449. The standard InChI is InChI=1S/C23H29FN2O4/c1-5-21(23(28)25-16(2)3)26(14-17-7-6-8-20(13-17)29-4)22(27)15-30-19-11-9-18(24)10-12-19/h6-13,16,21H,5,14-15H2,1-4H3,(H,25,28)/t21-/m0/s1. The average Bonchev–Trinajstić information content (AvgIpc) is 2.72. The first-order chi connectivity index (χ1) is 14.3. The van der Waals surface area contributed by atoms with Crippen LogP contribution in [0.15, 0.2) is 48.5 Å². The summed E-state index contributed by atoms with van der Waals surface area (Å²) in [5, 5.41) is 2.88. The summed E-state index contributed by atoms with van der Waals surface area (Å²) in [4.78, 5) is 27.3. The number of nitrogens with one attached hydrogen (secondary N) is 1. The molecule has 30 heavy (non-hydrogen) atoms. The molecule has 2 aromatic rings. The Bertz CT molecular complexity index is 839. The maximum atomic E-state index is 13.1. The molecule has 1 N–H and O–H groups in total. The van der Waals surface area contributed by atoms with Gasteiger partial charge in [0.05, 0.1) is 7.11 Å². The third kappa shape index (κ3) is 6.76. The molecule has 2 amide bonds. The number of nitrogens with zero attached hydrogens (tertiary/aromatic N) is 1. The van der Waals surface area contributed by atoms with Crippen molar-refractivity contribution in [1.82, 2.24) is 10.2 Å². The molecule has 162 valence electrons. The normalized spacial score (nSPS) is 11.7. The number of rotatable bonds is 10. The fourth-order valence-corrected chi connectivity index (χ4v) is 3.03. The maximum absolute atomic E-state index is 13.1. The molecule has 0 aliphatic heterocycles. The molecule has 2 rings (SSSR count). The minimum Gasteiger partial charge on any atom is -0.497 e. The third-order valence-corrected chi connectivity index (χ3v) is 4.48. The fourth-order valence-electron chi connectivity index (χ4n) is 3.03. The van der Waals surface area contributed by atoms with Crippen LogP contribution < -0.4 is 14.8 Å². The van der Waals surface area contributed by atoms with Crippen molar-refractivity contribution in [2.24, 2.45) is 0 Å². The Morgan fingerprint density at radius 3 is 2.40 bits per heavy atom. The Hall–Kier alpha value is -3.09. The molecule has 0 heterocycles. The Morgan fingerprint density at radius 2 is 1.80 bits per heavy atom. The number of ether oxygens (including phenoxy) is 2. The zero-order valence-corrected chi connectivity index (χ0v) is 17.9. The maximum Gasteiger partial charge on any atom is 0.261 e. The summed E-state index contributed by atoms with van der Waals surface area (Å²) in [5.74, 6) is 0.107. The van der Waals surface area contributed by atoms with Crippen molar-refractivity contribution in [3.63, 3.8) is 0 Å². The number of carbonyl (C=O) groups excluding carboxylic acids is 2. The summed E-state index contributed by atoms with van der Waals surface area (Å²) in [6.45, 7) is 5.57. The second-order valence-corrected chi connectivity index (χ2v) is 7.20. The van der Waals surface area contributed by atoms with Gasteiger partial charge in [-0.1, -0.05) is 19.1 Å². The quantitative estimate of drug-likeness (QED) is 0.643. The van der Waals surface area contributed by atoms with Crippen molar-refractivity contribution in [2.45, 2.75) is 45.8 Å². The minimum atomic E-state index is -0.650. The van der Waals surface area contributed by atoms with Crippen molar-refractivity contribution < 1.29 is 23.5 Å². The smallest absolute Gasteiger partial charge is 0.261 e. The highest BCUT2D eigenvalue weighted by atomic mass is 19.1. The molecule has 7 heteroatoms. The number of methoxy groups -OCH3 is 1. The molecule has 0 saturated heterocycles. The summed E-state index contributed by atoms with van der Waals surface area (Å²) in [5.41, 5.74) is 0.834. The van der Waals surface area contributed by atoms with Gasteiger partial charge in [0.15, 0.2) is 6.61 Å². The van der Waals surface area contributed by atoms with Crippen LogP contribution >= 0.6 is 0 Å². The molecule has 2 aromatic carbocycles. The molecule has 0 bridgehead atoms. The minimum absolute atomic E-state index is 0.0456. The van der Waals surface area contributed by atoms with E-state index in [2.05, 4.69) is 5.32 Å². The Balaban J connectivity index is 2.22. The number of hydrogen-bond acceptors (Lipinski definition) is 4. The summed E-state index contributed by atoms with van der Waals surface area (Å²) < 4.78 is 23.9. The van der Waals surface area contributed by atoms with Crippen LogP contribution in [0.5, 0.6) is 11.5 Å². The van der Waals surface area contributed by atoms with E-state index in [1.165, 1.54) is 29.2 Å². The molecule has 1 atom stereocenters. The average molecular weight is 416 g/mol. The van der Waals surface area contributed by atoms with Crippen molar-refractivity contribution in [3.05, 3.63) is 59.9 Å². The van der Waals surface area contributed by atoms with Gasteiger partial charge in [0, 0.05) is 12.6 Å². The van der Waals surface area contributed by atoms with Crippen LogP contribution in [0.3, 0.4) is 0 Å². The molecule has 0 unspecified atom stereocenters. The van der Waals surface area contributed by atoms with Crippen LogP contribution in [0.1, 0.15) is 32.8 Å². The van der Waals surface area contributed by atoms with Gasteiger partial charge in [-0.05, 0) is 62.2 Å². The summed E-state index contributed by atoms with van der Waals surface area (Å²) in [7, 11) is 1.57. The lowest BCUT2D eigenvalue weighted by Crippen LogP contribution is -2.51. The SMILES string of the molecule is CC[C@@H](C(=O)NC(C)C)N(Cc1cccc(OC)c1)C(=O)COc1ccc(F)cc1. The van der Waals surface area contributed by atoms with Gasteiger partial charge in [-0.15, -0.1) is 0 Å². The van der Waals surface area contributed by atoms with E-state index in [1.54, 1.807) is 7.11 Å². The van der Waals surface area contributed by atoms with Gasteiger partial charge in [0.2, 0.25) is 5.91 Å². The zero-order chi connectivity index (χ0) is 22.1. The molecule has 0 saturated carbocycles. The van der Waals surface area contributed by atoms with E-state index in [0.29, 0.717) is 17.9 Å². The van der Waals surface area contributed by atoms with Crippen molar-refractivity contribution in [1.29, 1.82) is 0 Å². The van der Waals surface area contributed by atoms with E-state index < -0.39 is 6.04 Å². The number of benzene rings is 2. The number of hydrogen-bond donors (Lipinski definition) is 1. The van der Waals surface area contributed by atoms with Gasteiger partial charge in [-0.2, -0.15) is 0 Å². The highest BCUT2D eigenvalue weighted by Crippen LogP contribution is 2.18. The fraction of sp³-hybridized carbons (Fsp3) is 0.391. The Kier molecular flexibility index (Phi) is 8.65. The lowest BCUT2D eigenvalue weighted by Gasteiger charge is -2.31. The van der Waals surface area contributed by atoms with Crippen LogP contribution in [0.4, 0.5) is 4.39 Å². The highest BCUT2D eigenvalue weighted by Gasteiger charge is 2.29. The first-order valence-electron chi connectivity index (χ1n) is 9.95. The highest BCUT2D eigenvalue weighted by molar-refractivity contribution is 5.88. The molecular weight excluding hydrogens is 387 g/mol. The largest absolute Gasteiger partial charge is 0.497 e. The Labute approximate surface area is 177 Å². The van der Waals surface area contributed by atoms with Crippen LogP contribution in [-0.2, 0) is 16.1 Å². The molecule has 0 radical (unpaired) electrons. The van der Waals surface area contributed by atoms with Crippen LogP contribution in [0.2, 0.25) is 0 Å². The number of carbonyl (C=O) groups is 2. The van der Waals surface area contributed by atoms with E-state index >= 15 is 0 Å². The lowest BCUT2D eigenvalue weighted by molar-refractivity contribution is -0.143. The van der Waals surface area contributed by atoms with Gasteiger partial charge >= 0.3 is 0 Å². The van der Waals surface area contributed by atoms with E-state index in [9.17, 15) is 14.0 Å². The molecule has 0 aliphatic rings. The van der Waals surface area contributed by atoms with E-state index in [0.717, 1.165) is 5.56 Å². The van der Waals surface area contributed by atoms with Gasteiger partial charge in [-0.25, -0.2) is 4.39 Å². The molecule has 0 aromatic heterocycles. The monoisotopic (exact) mass is 416 g/mol. The van der Waals surface area contributed by atoms with Crippen molar-refractivity contribution in [2.75, 3.05) is 13.7 Å². The second kappa shape index (κ2) is 11.2. The molecule has 6 nitrogen and oxygen atoms in total. The predicted molar refractivity (Wildman–Crippen MR) is 113 cm³/mol. The predicted octanol–water partition coefficient (Wildman–Crippen LogP) is 3.55. The number of amides is 2. The summed E-state index contributed by atoms with van der Waals surface area (Å²) >= 11 is 0. The van der Waals surface area contributed by atoms with Gasteiger partial charge in [0.25, 0.3) is 5.91 Å². The van der Waals surface area contributed by atoms with Gasteiger partial charge < -0.3 is 19.7 Å². The summed E-state index contributed by atoms with van der Waals surface area (Å²) in [6, 6.07) is 12.1.